The SMILES string of the molecule is Cc1cc(C#N)cc(C)c1Oc1cccc(Cl)c1C#N. The van der Waals surface area contributed by atoms with Crippen molar-refractivity contribution in [1.29, 1.82) is 10.5 Å². The number of ether oxygens (including phenoxy) is 1. The molecule has 0 amide bonds. The number of hydrogen-bond acceptors (Lipinski definition) is 3. The molecule has 0 unspecified atom stereocenters. The molecule has 0 saturated carbocycles. The van der Waals surface area contributed by atoms with E-state index < -0.39 is 0 Å². The van der Waals surface area contributed by atoms with Gasteiger partial charge in [-0.1, -0.05) is 17.7 Å². The van der Waals surface area contributed by atoms with Gasteiger partial charge in [0.15, 0.2) is 0 Å². The Kier molecular flexibility index (Phi) is 3.94. The van der Waals surface area contributed by atoms with E-state index in [1.807, 2.05) is 19.9 Å². The van der Waals surface area contributed by atoms with Gasteiger partial charge in [0, 0.05) is 0 Å². The number of rotatable bonds is 2. The first-order valence-electron chi connectivity index (χ1n) is 5.94. The molecule has 0 spiro atoms. The molecular formula is C16H11ClN2O. The fraction of sp³-hybridized carbons (Fsp3) is 0.125. The van der Waals surface area contributed by atoms with Crippen molar-refractivity contribution in [1.82, 2.24) is 0 Å². The van der Waals surface area contributed by atoms with Gasteiger partial charge in [-0.25, -0.2) is 0 Å². The maximum absolute atomic E-state index is 9.14. The third-order valence-electron chi connectivity index (χ3n) is 2.89. The minimum atomic E-state index is 0.303. The highest BCUT2D eigenvalue weighted by Gasteiger charge is 2.12. The van der Waals surface area contributed by atoms with Crippen molar-refractivity contribution in [2.24, 2.45) is 0 Å². The van der Waals surface area contributed by atoms with Gasteiger partial charge in [-0.2, -0.15) is 10.5 Å². The van der Waals surface area contributed by atoms with E-state index in [4.69, 9.17) is 26.9 Å². The van der Waals surface area contributed by atoms with E-state index in [-0.39, 0.29) is 0 Å². The molecule has 20 heavy (non-hydrogen) atoms. The van der Waals surface area contributed by atoms with Crippen LogP contribution in [0.4, 0.5) is 0 Å². The predicted octanol–water partition coefficient (Wildman–Crippen LogP) is 4.49. The molecule has 0 fully saturated rings. The van der Waals surface area contributed by atoms with Crippen molar-refractivity contribution in [3.8, 4) is 23.6 Å². The minimum Gasteiger partial charge on any atom is -0.455 e. The van der Waals surface area contributed by atoms with Crippen LogP contribution in [0.2, 0.25) is 5.02 Å². The number of benzene rings is 2. The molecular weight excluding hydrogens is 272 g/mol. The molecule has 0 radical (unpaired) electrons. The lowest BCUT2D eigenvalue weighted by atomic mass is 10.1. The summed E-state index contributed by atoms with van der Waals surface area (Å²) >= 11 is 5.98. The first-order valence-corrected chi connectivity index (χ1v) is 6.32. The average Bonchev–Trinajstić information content (AvgIpc) is 2.42. The maximum Gasteiger partial charge on any atom is 0.146 e. The van der Waals surface area contributed by atoms with E-state index in [1.54, 1.807) is 30.3 Å². The minimum absolute atomic E-state index is 0.303. The maximum atomic E-state index is 9.14. The Morgan fingerprint density at radius 1 is 1.05 bits per heavy atom. The number of nitriles is 2. The second kappa shape index (κ2) is 5.65. The van der Waals surface area contributed by atoms with Gasteiger partial charge in [0.05, 0.1) is 16.7 Å². The molecule has 0 aliphatic carbocycles. The molecule has 0 N–H and O–H groups in total. The van der Waals surface area contributed by atoms with Gasteiger partial charge in [0.1, 0.15) is 23.1 Å². The Bertz CT molecular complexity index is 731. The number of aryl methyl sites for hydroxylation is 2. The van der Waals surface area contributed by atoms with Crippen LogP contribution < -0.4 is 4.74 Å². The third kappa shape index (κ3) is 2.59. The van der Waals surface area contributed by atoms with E-state index >= 15 is 0 Å². The second-order valence-electron chi connectivity index (χ2n) is 4.38. The lowest BCUT2D eigenvalue weighted by molar-refractivity contribution is 0.473. The van der Waals surface area contributed by atoms with Crippen LogP contribution in [0.3, 0.4) is 0 Å². The molecule has 2 rings (SSSR count). The molecule has 0 aliphatic rings. The molecule has 0 heterocycles. The van der Waals surface area contributed by atoms with Gasteiger partial charge in [0.2, 0.25) is 0 Å². The third-order valence-corrected chi connectivity index (χ3v) is 3.20. The lowest BCUT2D eigenvalue weighted by Gasteiger charge is -2.13. The van der Waals surface area contributed by atoms with E-state index in [0.717, 1.165) is 11.1 Å². The Hall–Kier alpha value is -2.49. The molecule has 4 heteroatoms. The molecule has 2 aromatic rings. The summed E-state index contributed by atoms with van der Waals surface area (Å²) in [6, 6.07) is 12.7. The smallest absolute Gasteiger partial charge is 0.146 e. The summed E-state index contributed by atoms with van der Waals surface area (Å²) in [6.07, 6.45) is 0. The number of halogens is 1. The number of nitrogens with zero attached hydrogens (tertiary/aromatic N) is 2. The molecule has 0 atom stereocenters. The molecule has 0 aliphatic heterocycles. The molecule has 0 saturated heterocycles. The van der Waals surface area contributed by atoms with Crippen molar-refractivity contribution in [3.05, 3.63) is 57.6 Å². The summed E-state index contributed by atoms with van der Waals surface area (Å²) in [7, 11) is 0. The predicted molar refractivity (Wildman–Crippen MR) is 76.9 cm³/mol. The fourth-order valence-corrected chi connectivity index (χ4v) is 2.19. The average molecular weight is 283 g/mol. The largest absolute Gasteiger partial charge is 0.455 e. The van der Waals surface area contributed by atoms with Crippen molar-refractivity contribution in [2.75, 3.05) is 0 Å². The molecule has 2 aromatic carbocycles. The normalized spacial score (nSPS) is 9.65. The lowest BCUT2D eigenvalue weighted by Crippen LogP contribution is -1.95. The van der Waals surface area contributed by atoms with E-state index in [2.05, 4.69) is 6.07 Å². The topological polar surface area (TPSA) is 56.8 Å². The van der Waals surface area contributed by atoms with E-state index in [9.17, 15) is 0 Å². The van der Waals surface area contributed by atoms with Crippen LogP contribution in [0.25, 0.3) is 0 Å². The molecule has 3 nitrogen and oxygen atoms in total. The highest BCUT2D eigenvalue weighted by Crippen LogP contribution is 2.33. The van der Waals surface area contributed by atoms with E-state index in [1.165, 1.54) is 0 Å². The second-order valence-corrected chi connectivity index (χ2v) is 4.79. The van der Waals surface area contributed by atoms with E-state index in [0.29, 0.717) is 27.6 Å². The Balaban J connectivity index is 2.50. The van der Waals surface area contributed by atoms with Gasteiger partial charge in [-0.3, -0.25) is 0 Å². The van der Waals surface area contributed by atoms with Crippen molar-refractivity contribution in [3.63, 3.8) is 0 Å². The summed E-state index contributed by atoms with van der Waals surface area (Å²) in [5.74, 6) is 1.05. The first-order chi connectivity index (χ1) is 9.56. The quantitative estimate of drug-likeness (QED) is 0.815. The Morgan fingerprint density at radius 2 is 1.70 bits per heavy atom. The van der Waals surface area contributed by atoms with Gasteiger partial charge >= 0.3 is 0 Å². The van der Waals surface area contributed by atoms with Gasteiger partial charge in [0.25, 0.3) is 0 Å². The zero-order valence-corrected chi connectivity index (χ0v) is 11.8. The number of hydrogen-bond donors (Lipinski definition) is 0. The standard InChI is InChI=1S/C16H11ClN2O/c1-10-6-12(8-18)7-11(2)16(10)20-15-5-3-4-14(17)13(15)9-19/h3-7H,1-2H3. The van der Waals surface area contributed by atoms with Crippen LogP contribution in [-0.4, -0.2) is 0 Å². The van der Waals surface area contributed by atoms with Crippen LogP contribution in [0.15, 0.2) is 30.3 Å². The molecule has 98 valence electrons. The Labute approximate surface area is 122 Å². The summed E-state index contributed by atoms with van der Waals surface area (Å²) < 4.78 is 5.83. The van der Waals surface area contributed by atoms with Crippen LogP contribution in [0.1, 0.15) is 22.3 Å². The van der Waals surface area contributed by atoms with Crippen molar-refractivity contribution in [2.45, 2.75) is 13.8 Å². The van der Waals surface area contributed by atoms with Crippen LogP contribution >= 0.6 is 11.6 Å². The summed E-state index contributed by atoms with van der Waals surface area (Å²) in [6.45, 7) is 3.72. The molecule has 0 aromatic heterocycles. The van der Waals surface area contributed by atoms with Crippen molar-refractivity contribution < 1.29 is 4.74 Å². The highest BCUT2D eigenvalue weighted by atomic mass is 35.5. The van der Waals surface area contributed by atoms with Crippen molar-refractivity contribution >= 4 is 11.6 Å². The zero-order valence-electron chi connectivity index (χ0n) is 11.1. The first kappa shape index (κ1) is 13.9. The highest BCUT2D eigenvalue weighted by molar-refractivity contribution is 6.31. The Morgan fingerprint density at radius 3 is 2.25 bits per heavy atom. The van der Waals surface area contributed by atoms with Crippen LogP contribution in [0, 0.1) is 36.5 Å². The fourth-order valence-electron chi connectivity index (χ4n) is 1.98. The monoisotopic (exact) mass is 282 g/mol. The van der Waals surface area contributed by atoms with Gasteiger partial charge in [-0.05, 0) is 49.2 Å². The van der Waals surface area contributed by atoms with Crippen LogP contribution in [-0.2, 0) is 0 Å². The summed E-state index contributed by atoms with van der Waals surface area (Å²) in [4.78, 5) is 0. The molecule has 0 bridgehead atoms. The summed E-state index contributed by atoms with van der Waals surface area (Å²) in [5, 5.41) is 18.4. The van der Waals surface area contributed by atoms with Gasteiger partial charge in [-0.15, -0.1) is 0 Å². The van der Waals surface area contributed by atoms with Crippen LogP contribution in [0.5, 0.6) is 11.5 Å². The summed E-state index contributed by atoms with van der Waals surface area (Å²) in [5.41, 5.74) is 2.56. The van der Waals surface area contributed by atoms with Gasteiger partial charge < -0.3 is 4.74 Å². The zero-order chi connectivity index (χ0) is 14.7.